The van der Waals surface area contributed by atoms with Gasteiger partial charge in [-0.3, -0.25) is 0 Å². The molecule has 0 aliphatic heterocycles. The minimum atomic E-state index is -1.35. The van der Waals surface area contributed by atoms with Crippen molar-refractivity contribution in [2.45, 2.75) is 26.0 Å². The molecule has 0 spiro atoms. The van der Waals surface area contributed by atoms with E-state index in [1.165, 1.54) is 6.92 Å². The summed E-state index contributed by atoms with van der Waals surface area (Å²) in [5, 5.41) is 22.8. The number of anilines is 1. The second-order valence-corrected chi connectivity index (χ2v) is 4.92. The summed E-state index contributed by atoms with van der Waals surface area (Å²) >= 11 is 3.33. The molecule has 7 heteroatoms. The van der Waals surface area contributed by atoms with Crippen molar-refractivity contribution in [3.8, 4) is 0 Å². The molecule has 0 saturated carbocycles. The molecule has 0 radical (unpaired) electrons. The van der Waals surface area contributed by atoms with E-state index in [-0.39, 0.29) is 0 Å². The number of amides is 2. The fourth-order valence-corrected chi connectivity index (χ4v) is 1.80. The van der Waals surface area contributed by atoms with Crippen molar-refractivity contribution in [1.29, 1.82) is 0 Å². The first-order valence-electron chi connectivity index (χ1n) is 5.56. The van der Waals surface area contributed by atoms with Gasteiger partial charge >= 0.3 is 12.0 Å². The number of hydrogen-bond donors (Lipinski definition) is 4. The lowest BCUT2D eigenvalue weighted by atomic mass is 10.2. The number of benzene rings is 1. The van der Waals surface area contributed by atoms with Gasteiger partial charge in [-0.05, 0) is 31.5 Å². The highest BCUT2D eigenvalue weighted by Gasteiger charge is 2.25. The second kappa shape index (κ2) is 6.53. The number of hydrogen-bond acceptors (Lipinski definition) is 3. The van der Waals surface area contributed by atoms with Crippen LogP contribution in [0, 0.1) is 6.92 Å². The Hall–Kier alpha value is -1.60. The number of nitrogens with one attached hydrogen (secondary N) is 2. The van der Waals surface area contributed by atoms with E-state index in [9.17, 15) is 14.7 Å². The molecule has 4 N–H and O–H groups in total. The molecule has 104 valence electrons. The maximum Gasteiger partial charge on any atom is 0.328 e. The third kappa shape index (κ3) is 4.22. The summed E-state index contributed by atoms with van der Waals surface area (Å²) in [5.41, 5.74) is 1.38. The molecule has 1 aromatic carbocycles. The summed E-state index contributed by atoms with van der Waals surface area (Å²) in [6.45, 7) is 3.10. The smallest absolute Gasteiger partial charge is 0.328 e. The average molecular weight is 331 g/mol. The molecule has 19 heavy (non-hydrogen) atoms. The number of carboxylic acids is 1. The molecule has 2 atom stereocenters. The van der Waals surface area contributed by atoms with Crippen LogP contribution in [-0.2, 0) is 4.79 Å². The zero-order valence-electron chi connectivity index (χ0n) is 10.5. The van der Waals surface area contributed by atoms with Gasteiger partial charge in [0.1, 0.15) is 0 Å². The molecule has 0 aliphatic rings. The first-order valence-corrected chi connectivity index (χ1v) is 6.35. The summed E-state index contributed by atoms with van der Waals surface area (Å²) in [7, 11) is 0. The van der Waals surface area contributed by atoms with Gasteiger partial charge in [0.2, 0.25) is 0 Å². The maximum atomic E-state index is 11.7. The number of aliphatic hydroxyl groups is 1. The predicted octanol–water partition coefficient (Wildman–Crippen LogP) is 1.71. The molecule has 0 aliphatic carbocycles. The van der Waals surface area contributed by atoms with Crippen LogP contribution in [0.3, 0.4) is 0 Å². The highest BCUT2D eigenvalue weighted by atomic mass is 79.9. The van der Waals surface area contributed by atoms with E-state index in [0.717, 1.165) is 10.0 Å². The van der Waals surface area contributed by atoms with Gasteiger partial charge in [-0.2, -0.15) is 0 Å². The minimum Gasteiger partial charge on any atom is -0.480 e. The van der Waals surface area contributed by atoms with E-state index in [1.54, 1.807) is 12.1 Å². The lowest BCUT2D eigenvalue weighted by Crippen LogP contribution is -2.49. The summed E-state index contributed by atoms with van der Waals surface area (Å²) in [6.07, 6.45) is -1.19. The van der Waals surface area contributed by atoms with E-state index in [4.69, 9.17) is 5.11 Å². The van der Waals surface area contributed by atoms with Gasteiger partial charge in [0.05, 0.1) is 6.10 Å². The largest absolute Gasteiger partial charge is 0.480 e. The normalized spacial score (nSPS) is 13.5. The first kappa shape index (κ1) is 15.5. The average Bonchev–Trinajstić information content (AvgIpc) is 2.31. The summed E-state index contributed by atoms with van der Waals surface area (Å²) in [4.78, 5) is 22.5. The molecule has 0 saturated heterocycles. The van der Waals surface area contributed by atoms with Gasteiger partial charge in [-0.1, -0.05) is 22.0 Å². The van der Waals surface area contributed by atoms with Gasteiger partial charge in [0.25, 0.3) is 0 Å². The first-order chi connectivity index (χ1) is 8.82. The van der Waals surface area contributed by atoms with Crippen molar-refractivity contribution in [2.24, 2.45) is 0 Å². The van der Waals surface area contributed by atoms with Crippen molar-refractivity contribution in [3.63, 3.8) is 0 Å². The van der Waals surface area contributed by atoms with Crippen LogP contribution in [-0.4, -0.2) is 34.4 Å². The van der Waals surface area contributed by atoms with Crippen LogP contribution >= 0.6 is 15.9 Å². The Bertz CT molecular complexity index is 491. The Labute approximate surface area is 118 Å². The zero-order chi connectivity index (χ0) is 14.6. The van der Waals surface area contributed by atoms with Crippen LogP contribution in [0.2, 0.25) is 0 Å². The van der Waals surface area contributed by atoms with Crippen molar-refractivity contribution >= 4 is 33.6 Å². The highest BCUT2D eigenvalue weighted by Crippen LogP contribution is 2.23. The van der Waals surface area contributed by atoms with Crippen molar-refractivity contribution in [2.75, 3.05) is 5.32 Å². The topological polar surface area (TPSA) is 98.7 Å². The van der Waals surface area contributed by atoms with Crippen LogP contribution < -0.4 is 10.6 Å². The summed E-state index contributed by atoms with van der Waals surface area (Å²) < 4.78 is 0.829. The third-order valence-corrected chi connectivity index (χ3v) is 3.41. The molecule has 0 aromatic heterocycles. The Kier molecular flexibility index (Phi) is 5.31. The Balaban J connectivity index is 2.75. The number of carbonyl (C=O) groups excluding carboxylic acids is 1. The number of carboxylic acid groups (broad SMARTS) is 1. The van der Waals surface area contributed by atoms with E-state index < -0.39 is 24.1 Å². The molecule has 0 bridgehead atoms. The molecule has 2 amide bonds. The van der Waals surface area contributed by atoms with Crippen molar-refractivity contribution < 1.29 is 19.8 Å². The lowest BCUT2D eigenvalue weighted by molar-refractivity contribution is -0.141. The van der Waals surface area contributed by atoms with Crippen LogP contribution in [0.1, 0.15) is 12.5 Å². The molecular formula is C12H15BrN2O4. The number of rotatable bonds is 4. The predicted molar refractivity (Wildman–Crippen MR) is 74.1 cm³/mol. The molecule has 6 nitrogen and oxygen atoms in total. The van der Waals surface area contributed by atoms with Gasteiger partial charge in [-0.25, -0.2) is 9.59 Å². The molecule has 1 rings (SSSR count). The zero-order valence-corrected chi connectivity index (χ0v) is 12.1. The van der Waals surface area contributed by atoms with Crippen molar-refractivity contribution in [1.82, 2.24) is 5.32 Å². The third-order valence-electron chi connectivity index (χ3n) is 2.55. The minimum absolute atomic E-state index is 0.557. The fraction of sp³-hybridized carbons (Fsp3) is 0.333. The van der Waals surface area contributed by atoms with Crippen LogP contribution in [0.25, 0.3) is 0 Å². The SMILES string of the molecule is Cc1c(Br)cccc1NC(=O)N[C@H](C(=O)O)[C@@H](C)O. The van der Waals surface area contributed by atoms with E-state index in [0.29, 0.717) is 5.69 Å². The number of carbonyl (C=O) groups is 2. The number of urea groups is 1. The van der Waals surface area contributed by atoms with Crippen LogP contribution in [0.5, 0.6) is 0 Å². The number of aliphatic hydroxyl groups excluding tert-OH is 1. The maximum absolute atomic E-state index is 11.7. The molecule has 0 unspecified atom stereocenters. The lowest BCUT2D eigenvalue weighted by Gasteiger charge is -2.18. The standard InChI is InChI=1S/C12H15BrN2O4/c1-6-8(13)4-3-5-9(6)14-12(19)15-10(7(2)16)11(17)18/h3-5,7,10,16H,1-2H3,(H,17,18)(H2,14,15,19)/t7-,10+/m1/s1. The van der Waals surface area contributed by atoms with Crippen molar-refractivity contribution in [3.05, 3.63) is 28.2 Å². The molecular weight excluding hydrogens is 316 g/mol. The molecule has 1 aromatic rings. The second-order valence-electron chi connectivity index (χ2n) is 4.07. The fourth-order valence-electron chi connectivity index (χ4n) is 1.43. The van der Waals surface area contributed by atoms with Gasteiger partial charge in [0.15, 0.2) is 6.04 Å². The summed E-state index contributed by atoms with van der Waals surface area (Å²) in [6, 6.07) is 3.23. The monoisotopic (exact) mass is 330 g/mol. The molecule has 0 fully saturated rings. The van der Waals surface area contributed by atoms with Gasteiger partial charge in [-0.15, -0.1) is 0 Å². The van der Waals surface area contributed by atoms with Gasteiger partial charge < -0.3 is 20.8 Å². The van der Waals surface area contributed by atoms with Crippen LogP contribution in [0.4, 0.5) is 10.5 Å². The Morgan fingerprint density at radius 1 is 1.37 bits per heavy atom. The number of aliphatic carboxylic acids is 1. The molecule has 0 heterocycles. The summed E-state index contributed by atoms with van der Waals surface area (Å²) in [5.74, 6) is -1.30. The van der Waals surface area contributed by atoms with E-state index >= 15 is 0 Å². The Morgan fingerprint density at radius 2 is 2.00 bits per heavy atom. The van der Waals surface area contributed by atoms with E-state index in [1.807, 2.05) is 13.0 Å². The van der Waals surface area contributed by atoms with Gasteiger partial charge in [0, 0.05) is 10.2 Å². The Morgan fingerprint density at radius 3 is 2.53 bits per heavy atom. The van der Waals surface area contributed by atoms with E-state index in [2.05, 4.69) is 26.6 Å². The number of halogens is 1. The highest BCUT2D eigenvalue weighted by molar-refractivity contribution is 9.10. The van der Waals surface area contributed by atoms with Crippen LogP contribution in [0.15, 0.2) is 22.7 Å². The quantitative estimate of drug-likeness (QED) is 0.675.